The lowest BCUT2D eigenvalue weighted by molar-refractivity contribution is -0.149. The van der Waals surface area contributed by atoms with Crippen LogP contribution in [0, 0.1) is 17.3 Å². The first kappa shape index (κ1) is 16.6. The summed E-state index contributed by atoms with van der Waals surface area (Å²) in [7, 11) is 1.95. The smallest absolute Gasteiger partial charge is 0.313 e. The molecule has 0 bridgehead atoms. The molecule has 2 saturated heterocycles. The first-order chi connectivity index (χ1) is 12.0. The number of aryl methyl sites for hydroxylation is 1. The Morgan fingerprint density at radius 1 is 1.32 bits per heavy atom. The molecule has 1 aromatic rings. The number of carboxylic acid groups (broad SMARTS) is 1. The summed E-state index contributed by atoms with van der Waals surface area (Å²) in [5.74, 6) is 1.05. The van der Waals surface area contributed by atoms with Gasteiger partial charge in [0.1, 0.15) is 11.2 Å². The van der Waals surface area contributed by atoms with Crippen LogP contribution in [0.15, 0.2) is 12.4 Å². The molecule has 1 N–H and O–H groups in total. The second-order valence-electron chi connectivity index (χ2n) is 8.04. The molecule has 1 amide bonds. The molecule has 3 aliphatic rings. The monoisotopic (exact) mass is 346 g/mol. The van der Waals surface area contributed by atoms with Crippen LogP contribution < -0.4 is 0 Å². The van der Waals surface area contributed by atoms with Crippen molar-refractivity contribution in [3.63, 3.8) is 0 Å². The van der Waals surface area contributed by atoms with Gasteiger partial charge in [0.05, 0.1) is 6.54 Å². The Morgan fingerprint density at radius 3 is 2.72 bits per heavy atom. The molecule has 0 unspecified atom stereocenters. The third-order valence-corrected chi connectivity index (χ3v) is 6.21. The van der Waals surface area contributed by atoms with Crippen molar-refractivity contribution in [2.75, 3.05) is 26.2 Å². The maximum atomic E-state index is 12.5. The molecule has 1 saturated carbocycles. The quantitative estimate of drug-likeness (QED) is 0.830. The number of rotatable bonds is 6. The van der Waals surface area contributed by atoms with Gasteiger partial charge in [-0.1, -0.05) is 12.8 Å². The molecule has 2 aliphatic heterocycles. The molecule has 1 aromatic heterocycles. The molecule has 3 fully saturated rings. The number of carbonyl (C=O) groups excluding carboxylic acids is 1. The van der Waals surface area contributed by atoms with Crippen molar-refractivity contribution in [1.82, 2.24) is 19.4 Å². The Balaban J connectivity index is 1.41. The molecular weight excluding hydrogens is 320 g/mol. The van der Waals surface area contributed by atoms with Crippen molar-refractivity contribution >= 4 is 11.9 Å². The van der Waals surface area contributed by atoms with Crippen molar-refractivity contribution in [3.05, 3.63) is 18.2 Å². The van der Waals surface area contributed by atoms with Gasteiger partial charge < -0.3 is 14.6 Å². The molecule has 0 spiro atoms. The van der Waals surface area contributed by atoms with E-state index in [2.05, 4.69) is 9.88 Å². The van der Waals surface area contributed by atoms with Crippen LogP contribution in [0.3, 0.4) is 0 Å². The summed E-state index contributed by atoms with van der Waals surface area (Å²) < 4.78 is 1.97. The van der Waals surface area contributed by atoms with Crippen LogP contribution in [-0.2, 0) is 23.2 Å². The molecule has 7 nitrogen and oxygen atoms in total. The van der Waals surface area contributed by atoms with E-state index in [9.17, 15) is 14.7 Å². The standard InChI is InChI=1S/C18H26N4O3/c1-20-7-6-19-15(20)10-21-8-14-9-22(12-18(14,11-21)17(24)25)16(23)5-4-13-2-3-13/h6-7,13-14H,2-5,8-12H2,1H3,(H,24,25)/t14-,18-/m1/s1. The van der Waals surface area contributed by atoms with E-state index in [1.165, 1.54) is 12.8 Å². The lowest BCUT2D eigenvalue weighted by Gasteiger charge is -2.25. The summed E-state index contributed by atoms with van der Waals surface area (Å²) in [6, 6.07) is 0. The minimum Gasteiger partial charge on any atom is -0.481 e. The largest absolute Gasteiger partial charge is 0.481 e. The highest BCUT2D eigenvalue weighted by molar-refractivity contribution is 5.81. The lowest BCUT2D eigenvalue weighted by Crippen LogP contribution is -2.42. The van der Waals surface area contributed by atoms with E-state index in [1.54, 1.807) is 11.1 Å². The Morgan fingerprint density at radius 2 is 2.12 bits per heavy atom. The first-order valence-electron chi connectivity index (χ1n) is 9.17. The Kier molecular flexibility index (Phi) is 4.06. The summed E-state index contributed by atoms with van der Waals surface area (Å²) in [4.78, 5) is 32.9. The molecule has 0 aromatic carbocycles. The van der Waals surface area contributed by atoms with E-state index in [1.807, 2.05) is 17.8 Å². The molecule has 1 aliphatic carbocycles. The zero-order valence-electron chi connectivity index (χ0n) is 14.7. The van der Waals surface area contributed by atoms with Gasteiger partial charge >= 0.3 is 5.97 Å². The average molecular weight is 346 g/mol. The zero-order valence-corrected chi connectivity index (χ0v) is 14.7. The van der Waals surface area contributed by atoms with Gasteiger partial charge in [0.25, 0.3) is 0 Å². The number of carbonyl (C=O) groups is 2. The summed E-state index contributed by atoms with van der Waals surface area (Å²) in [5, 5.41) is 9.91. The van der Waals surface area contributed by atoms with Crippen LogP contribution in [0.4, 0.5) is 0 Å². The second kappa shape index (κ2) is 6.12. The van der Waals surface area contributed by atoms with Gasteiger partial charge in [-0.2, -0.15) is 0 Å². The second-order valence-corrected chi connectivity index (χ2v) is 8.04. The molecule has 0 radical (unpaired) electrons. The summed E-state index contributed by atoms with van der Waals surface area (Å²) in [5.41, 5.74) is -0.819. The number of hydrogen-bond donors (Lipinski definition) is 1. The number of fused-ring (bicyclic) bond motifs is 1. The van der Waals surface area contributed by atoms with Crippen LogP contribution in [0.5, 0.6) is 0 Å². The fourth-order valence-electron chi connectivity index (χ4n) is 4.42. The van der Waals surface area contributed by atoms with Crippen LogP contribution in [-0.4, -0.2) is 62.5 Å². The van der Waals surface area contributed by atoms with Gasteiger partial charge in [0.2, 0.25) is 5.91 Å². The third kappa shape index (κ3) is 3.05. The SMILES string of the molecule is Cn1ccnc1CN1C[C@@H]2CN(C(=O)CCC3CC3)C[C@]2(C(=O)O)C1. The highest BCUT2D eigenvalue weighted by Gasteiger charge is 2.58. The van der Waals surface area contributed by atoms with Crippen molar-refractivity contribution in [3.8, 4) is 0 Å². The minimum atomic E-state index is -0.819. The Labute approximate surface area is 147 Å². The first-order valence-corrected chi connectivity index (χ1v) is 9.17. The number of hydrogen-bond acceptors (Lipinski definition) is 4. The maximum absolute atomic E-state index is 12.5. The maximum Gasteiger partial charge on any atom is 0.313 e. The van der Waals surface area contributed by atoms with Gasteiger partial charge in [-0.3, -0.25) is 14.5 Å². The van der Waals surface area contributed by atoms with Gasteiger partial charge in [-0.05, 0) is 12.3 Å². The third-order valence-electron chi connectivity index (χ3n) is 6.21. The van der Waals surface area contributed by atoms with E-state index >= 15 is 0 Å². The van der Waals surface area contributed by atoms with Gasteiger partial charge in [0.15, 0.2) is 0 Å². The number of likely N-dealkylation sites (tertiary alicyclic amines) is 2. The van der Waals surface area contributed by atoms with E-state index in [0.29, 0.717) is 39.1 Å². The molecule has 3 heterocycles. The van der Waals surface area contributed by atoms with Gasteiger partial charge in [-0.25, -0.2) is 4.98 Å². The Hall–Kier alpha value is -1.89. The number of nitrogens with zero attached hydrogens (tertiary/aromatic N) is 4. The average Bonchev–Trinajstić information content (AvgIpc) is 3.05. The zero-order chi connectivity index (χ0) is 17.6. The number of aliphatic carboxylic acids is 1. The summed E-state index contributed by atoms with van der Waals surface area (Å²) >= 11 is 0. The lowest BCUT2D eigenvalue weighted by atomic mass is 9.81. The van der Waals surface area contributed by atoms with Crippen LogP contribution in [0.25, 0.3) is 0 Å². The van der Waals surface area contributed by atoms with E-state index in [0.717, 1.165) is 18.2 Å². The molecule has 25 heavy (non-hydrogen) atoms. The van der Waals surface area contributed by atoms with Crippen molar-refractivity contribution in [2.24, 2.45) is 24.3 Å². The summed E-state index contributed by atoms with van der Waals surface area (Å²) in [6.45, 7) is 2.79. The number of amides is 1. The normalized spacial score (nSPS) is 29.2. The highest BCUT2D eigenvalue weighted by Crippen LogP contribution is 2.43. The van der Waals surface area contributed by atoms with Crippen LogP contribution in [0.1, 0.15) is 31.5 Å². The van der Waals surface area contributed by atoms with E-state index in [4.69, 9.17) is 0 Å². The van der Waals surface area contributed by atoms with Gasteiger partial charge in [-0.15, -0.1) is 0 Å². The van der Waals surface area contributed by atoms with Gasteiger partial charge in [0, 0.05) is 58.0 Å². The molecule has 7 heteroatoms. The number of aromatic nitrogens is 2. The minimum absolute atomic E-state index is 0.00939. The highest BCUT2D eigenvalue weighted by atomic mass is 16.4. The van der Waals surface area contributed by atoms with Crippen LogP contribution in [0.2, 0.25) is 0 Å². The Bertz CT molecular complexity index is 684. The van der Waals surface area contributed by atoms with Crippen molar-refractivity contribution in [1.29, 1.82) is 0 Å². The number of imidazole rings is 1. The molecule has 2 atom stereocenters. The van der Waals surface area contributed by atoms with E-state index < -0.39 is 11.4 Å². The fourth-order valence-corrected chi connectivity index (χ4v) is 4.42. The molecular formula is C18H26N4O3. The fraction of sp³-hybridized carbons (Fsp3) is 0.722. The van der Waals surface area contributed by atoms with Crippen molar-refractivity contribution in [2.45, 2.75) is 32.2 Å². The van der Waals surface area contributed by atoms with Crippen LogP contribution >= 0.6 is 0 Å². The number of carboxylic acids is 1. The van der Waals surface area contributed by atoms with E-state index in [-0.39, 0.29) is 11.8 Å². The molecule has 136 valence electrons. The topological polar surface area (TPSA) is 78.7 Å². The summed E-state index contributed by atoms with van der Waals surface area (Å²) in [6.07, 6.45) is 7.70. The molecule has 4 rings (SSSR count). The predicted octanol–water partition coefficient (Wildman–Crippen LogP) is 0.955. The predicted molar refractivity (Wildman–Crippen MR) is 90.6 cm³/mol. The van der Waals surface area contributed by atoms with Crippen molar-refractivity contribution < 1.29 is 14.7 Å².